The maximum Gasteiger partial charge on any atom is 0.278 e. The Morgan fingerprint density at radius 3 is 2.70 bits per heavy atom. The van der Waals surface area contributed by atoms with Crippen molar-refractivity contribution in [2.45, 2.75) is 44.2 Å². The van der Waals surface area contributed by atoms with Crippen LogP contribution in [0.15, 0.2) is 18.2 Å². The molecule has 0 spiro atoms. The van der Waals surface area contributed by atoms with E-state index in [0.29, 0.717) is 12.5 Å². The molecule has 1 aromatic rings. The summed E-state index contributed by atoms with van der Waals surface area (Å²) in [5.74, 6) is 1.13. The molecule has 0 saturated carbocycles. The monoisotopic (exact) mass is 500 g/mol. The Kier molecular flexibility index (Phi) is 7.38. The van der Waals surface area contributed by atoms with Crippen molar-refractivity contribution in [3.8, 4) is 5.75 Å². The molecule has 1 N–H and O–H groups in total. The maximum absolute atomic E-state index is 13.3. The van der Waals surface area contributed by atoms with Crippen LogP contribution in [0, 0.1) is 5.92 Å². The van der Waals surface area contributed by atoms with Crippen molar-refractivity contribution >= 4 is 20.2 Å². The van der Waals surface area contributed by atoms with E-state index < -0.39 is 20.2 Å². The van der Waals surface area contributed by atoms with E-state index in [1.165, 1.54) is 25.2 Å². The quantitative estimate of drug-likeness (QED) is 0.539. The summed E-state index contributed by atoms with van der Waals surface area (Å²) in [5.41, 5.74) is 2.59. The Balaban J connectivity index is 1.47. The number of benzene rings is 1. The normalized spacial score (nSPS) is 26.5. The van der Waals surface area contributed by atoms with Gasteiger partial charge in [-0.1, -0.05) is 6.07 Å². The van der Waals surface area contributed by atoms with Gasteiger partial charge < -0.3 is 4.74 Å². The van der Waals surface area contributed by atoms with Crippen molar-refractivity contribution in [1.29, 1.82) is 0 Å². The van der Waals surface area contributed by atoms with E-state index in [9.17, 15) is 16.8 Å². The molecule has 33 heavy (non-hydrogen) atoms. The Morgan fingerprint density at radius 1 is 1.18 bits per heavy atom. The molecule has 2 saturated heterocycles. The molecule has 0 radical (unpaired) electrons. The third kappa shape index (κ3) is 5.23. The number of nitrogens with one attached hydrogen (secondary N) is 1. The number of rotatable bonds is 8. The second kappa shape index (κ2) is 9.79. The van der Waals surface area contributed by atoms with E-state index in [1.807, 2.05) is 6.07 Å². The van der Waals surface area contributed by atoms with Gasteiger partial charge in [0, 0.05) is 52.4 Å². The summed E-state index contributed by atoms with van der Waals surface area (Å²) < 4.78 is 61.1. The molecule has 11 heteroatoms. The van der Waals surface area contributed by atoms with Crippen LogP contribution in [-0.2, 0) is 26.7 Å². The molecular weight excluding hydrogens is 464 g/mol. The second-order valence-electron chi connectivity index (χ2n) is 9.49. The number of hydrogen-bond acceptors (Lipinski definition) is 6. The maximum atomic E-state index is 13.3. The lowest BCUT2D eigenvalue weighted by Crippen LogP contribution is -2.57. The summed E-state index contributed by atoms with van der Waals surface area (Å²) in [5, 5.41) is 0. The van der Waals surface area contributed by atoms with Crippen molar-refractivity contribution in [3.63, 3.8) is 0 Å². The molecule has 9 nitrogen and oxygen atoms in total. The molecular formula is C22H36N4O5S2. The molecule has 1 aromatic carbocycles. The highest BCUT2D eigenvalue weighted by Gasteiger charge is 2.45. The van der Waals surface area contributed by atoms with E-state index in [2.05, 4.69) is 21.8 Å². The lowest BCUT2D eigenvalue weighted by Gasteiger charge is -2.51. The predicted octanol–water partition coefficient (Wildman–Crippen LogP) is 1.19. The lowest BCUT2D eigenvalue weighted by molar-refractivity contribution is 0.0219. The summed E-state index contributed by atoms with van der Waals surface area (Å²) in [6.45, 7) is 2.57. The Hall–Kier alpha value is -1.24. The van der Waals surface area contributed by atoms with Crippen LogP contribution in [0.1, 0.15) is 42.9 Å². The smallest absolute Gasteiger partial charge is 0.278 e. The molecule has 3 heterocycles. The summed E-state index contributed by atoms with van der Waals surface area (Å²) in [7, 11) is -2.47. The van der Waals surface area contributed by atoms with E-state index >= 15 is 0 Å². The first-order valence-corrected chi connectivity index (χ1v) is 14.7. The minimum atomic E-state index is -3.55. The number of sulfonamides is 1. The van der Waals surface area contributed by atoms with Crippen LogP contribution in [0.5, 0.6) is 5.75 Å². The molecule has 0 amide bonds. The van der Waals surface area contributed by atoms with Gasteiger partial charge in [-0.2, -0.15) is 17.0 Å². The van der Waals surface area contributed by atoms with Crippen LogP contribution in [0.3, 0.4) is 0 Å². The van der Waals surface area contributed by atoms with Gasteiger partial charge in [0.05, 0.1) is 12.9 Å². The summed E-state index contributed by atoms with van der Waals surface area (Å²) in [6.07, 6.45) is 3.97. The third-order valence-electron chi connectivity index (χ3n) is 7.32. The van der Waals surface area contributed by atoms with Gasteiger partial charge in [0.1, 0.15) is 5.75 Å². The van der Waals surface area contributed by atoms with Gasteiger partial charge in [0.25, 0.3) is 10.2 Å². The SMILES string of the molecule is COc1ccc2c(c1)[C@@H]1C[C@@H]3[C@@H](CCCN3S(=O)(=O)CCCNS(=O)(=O)N(C)C)CN1CC2. The average Bonchev–Trinajstić information content (AvgIpc) is 2.79. The molecule has 3 aliphatic rings. The van der Waals surface area contributed by atoms with Crippen molar-refractivity contribution in [2.75, 3.05) is 53.1 Å². The molecule has 0 bridgehead atoms. The number of hydrogen-bond donors (Lipinski definition) is 1. The highest BCUT2D eigenvalue weighted by Crippen LogP contribution is 2.44. The second-order valence-corrected chi connectivity index (χ2v) is 13.5. The first-order valence-electron chi connectivity index (χ1n) is 11.7. The molecule has 2 fully saturated rings. The van der Waals surface area contributed by atoms with Crippen molar-refractivity contribution in [3.05, 3.63) is 29.3 Å². The van der Waals surface area contributed by atoms with E-state index in [0.717, 1.165) is 48.8 Å². The molecule has 0 aliphatic carbocycles. The first-order chi connectivity index (χ1) is 15.6. The van der Waals surface area contributed by atoms with Gasteiger partial charge in [-0.15, -0.1) is 0 Å². The minimum absolute atomic E-state index is 0.0133. The van der Waals surface area contributed by atoms with Crippen LogP contribution in [0.2, 0.25) is 0 Å². The zero-order valence-electron chi connectivity index (χ0n) is 19.7. The Morgan fingerprint density at radius 2 is 1.97 bits per heavy atom. The van der Waals surface area contributed by atoms with Crippen LogP contribution in [0.4, 0.5) is 0 Å². The minimum Gasteiger partial charge on any atom is -0.497 e. The van der Waals surface area contributed by atoms with Crippen molar-refractivity contribution in [2.24, 2.45) is 5.92 Å². The fraction of sp³-hybridized carbons (Fsp3) is 0.727. The highest BCUT2D eigenvalue weighted by atomic mass is 32.2. The Bertz CT molecular complexity index is 1060. The van der Waals surface area contributed by atoms with Gasteiger partial charge >= 0.3 is 0 Å². The molecule has 0 aromatic heterocycles. The molecule has 4 rings (SSSR count). The van der Waals surface area contributed by atoms with Crippen molar-refractivity contribution < 1.29 is 21.6 Å². The lowest BCUT2D eigenvalue weighted by atomic mass is 9.77. The molecule has 3 atom stereocenters. The van der Waals surface area contributed by atoms with Gasteiger partial charge in [-0.3, -0.25) is 4.90 Å². The van der Waals surface area contributed by atoms with E-state index in [4.69, 9.17) is 4.74 Å². The van der Waals surface area contributed by atoms with Gasteiger partial charge in [0.2, 0.25) is 10.0 Å². The Labute approximate surface area is 198 Å². The number of nitrogens with zero attached hydrogens (tertiary/aromatic N) is 3. The number of methoxy groups -OCH3 is 1. The van der Waals surface area contributed by atoms with Crippen LogP contribution < -0.4 is 9.46 Å². The number of piperidine rings is 2. The molecule has 3 aliphatic heterocycles. The topological polar surface area (TPSA) is 99.3 Å². The van der Waals surface area contributed by atoms with Gasteiger partial charge in [0.15, 0.2) is 0 Å². The average molecular weight is 501 g/mol. The zero-order chi connectivity index (χ0) is 23.8. The van der Waals surface area contributed by atoms with Gasteiger partial charge in [-0.25, -0.2) is 13.1 Å². The largest absolute Gasteiger partial charge is 0.497 e. The van der Waals surface area contributed by atoms with Crippen LogP contribution in [-0.4, -0.2) is 89.5 Å². The molecule has 186 valence electrons. The zero-order valence-corrected chi connectivity index (χ0v) is 21.4. The van der Waals surface area contributed by atoms with Crippen molar-refractivity contribution in [1.82, 2.24) is 18.2 Å². The fourth-order valence-corrected chi connectivity index (χ4v) is 8.03. The first kappa shape index (κ1) is 24.9. The van der Waals surface area contributed by atoms with Gasteiger partial charge in [-0.05, 0) is 61.3 Å². The summed E-state index contributed by atoms with van der Waals surface area (Å²) in [4.78, 5) is 2.52. The highest BCUT2D eigenvalue weighted by molar-refractivity contribution is 7.89. The third-order valence-corrected chi connectivity index (χ3v) is 10.8. The standard InChI is InChI=1S/C22H36N4O5S2/c1-24(2)33(29,30)23-10-5-13-32(27,28)26-11-4-6-18-16-25-12-9-17-7-8-19(31-3)14-20(17)22(25)15-21(18)26/h7-8,14,18,21-23H,4-6,9-13,15-16H2,1-3H3/t18-,21+,22-/m0/s1. The summed E-state index contributed by atoms with van der Waals surface area (Å²) >= 11 is 0. The molecule has 0 unspecified atom stereocenters. The number of fused-ring (bicyclic) bond motifs is 4. The van der Waals surface area contributed by atoms with E-state index in [-0.39, 0.29) is 30.8 Å². The van der Waals surface area contributed by atoms with Crippen LogP contribution >= 0.6 is 0 Å². The predicted molar refractivity (Wildman–Crippen MR) is 128 cm³/mol. The number of ether oxygens (including phenoxy) is 1. The van der Waals surface area contributed by atoms with E-state index in [1.54, 1.807) is 11.4 Å². The summed E-state index contributed by atoms with van der Waals surface area (Å²) in [6, 6.07) is 6.45. The fourth-order valence-electron chi connectivity index (χ4n) is 5.55. The van der Waals surface area contributed by atoms with Crippen LogP contribution in [0.25, 0.3) is 0 Å².